The van der Waals surface area contributed by atoms with Gasteiger partial charge in [-0.15, -0.1) is 13.2 Å². The second-order valence-corrected chi connectivity index (χ2v) is 9.85. The number of rotatable bonds is 10. The zero-order valence-corrected chi connectivity index (χ0v) is 22.0. The number of nitrogens with zero attached hydrogens (tertiary/aromatic N) is 3. The number of carbonyl (C=O) groups is 3. The van der Waals surface area contributed by atoms with E-state index in [0.29, 0.717) is 42.7 Å². The smallest absolute Gasteiger partial charge is 0.491 e. The van der Waals surface area contributed by atoms with Crippen LogP contribution in [0.15, 0.2) is 36.4 Å². The zero-order valence-electron chi connectivity index (χ0n) is 22.0. The van der Waals surface area contributed by atoms with Gasteiger partial charge in [-0.3, -0.25) is 19.1 Å². The lowest BCUT2D eigenvalue weighted by molar-refractivity contribution is -0.275. The molecule has 2 amide bonds. The number of nitrogens with one attached hydrogen (secondary N) is 1. The Morgan fingerprint density at radius 3 is 2.61 bits per heavy atom. The third kappa shape index (κ3) is 5.97. The number of benzene rings is 2. The second kappa shape index (κ2) is 11.0. The highest BCUT2D eigenvalue weighted by molar-refractivity contribution is 6.05. The minimum atomic E-state index is -5.11. The number of likely N-dealkylation sites (tertiary alicyclic amines) is 1. The van der Waals surface area contributed by atoms with E-state index >= 15 is 0 Å². The van der Waals surface area contributed by atoms with Crippen molar-refractivity contribution < 1.29 is 46.2 Å². The molecule has 2 heterocycles. The second-order valence-electron chi connectivity index (χ2n) is 9.85. The Morgan fingerprint density at radius 2 is 1.90 bits per heavy atom. The van der Waals surface area contributed by atoms with Crippen molar-refractivity contribution in [2.75, 3.05) is 25.6 Å². The van der Waals surface area contributed by atoms with Gasteiger partial charge in [-0.25, -0.2) is 4.39 Å². The molecule has 0 unspecified atom stereocenters. The lowest BCUT2D eigenvalue weighted by Gasteiger charge is -2.27. The third-order valence-corrected chi connectivity index (χ3v) is 7.04. The maximum atomic E-state index is 14.6. The fourth-order valence-electron chi connectivity index (χ4n) is 5.16. The van der Waals surface area contributed by atoms with Gasteiger partial charge in [0.1, 0.15) is 30.6 Å². The molecule has 10 nitrogen and oxygen atoms in total. The van der Waals surface area contributed by atoms with Crippen LogP contribution in [0.4, 0.5) is 23.2 Å². The Kier molecular flexibility index (Phi) is 7.60. The van der Waals surface area contributed by atoms with Gasteiger partial charge >= 0.3 is 6.36 Å². The van der Waals surface area contributed by atoms with E-state index < -0.39 is 41.5 Å². The summed E-state index contributed by atoms with van der Waals surface area (Å²) in [6.45, 7) is 1.76. The summed E-state index contributed by atoms with van der Waals surface area (Å²) in [6, 6.07) is 6.85. The largest absolute Gasteiger partial charge is 0.573 e. The first-order valence-electron chi connectivity index (χ1n) is 12.8. The molecule has 2 aliphatic rings. The van der Waals surface area contributed by atoms with Crippen LogP contribution in [0.5, 0.6) is 11.5 Å². The first kappa shape index (κ1) is 28.3. The lowest BCUT2D eigenvalue weighted by atomic mass is 10.1. The van der Waals surface area contributed by atoms with Crippen molar-refractivity contribution in [2.45, 2.75) is 44.8 Å². The van der Waals surface area contributed by atoms with Crippen molar-refractivity contribution in [3.63, 3.8) is 0 Å². The Morgan fingerprint density at radius 1 is 1.12 bits per heavy atom. The van der Waals surface area contributed by atoms with Crippen molar-refractivity contribution in [1.82, 2.24) is 14.7 Å². The Bertz CT molecular complexity index is 1510. The number of amides is 2. The van der Waals surface area contributed by atoms with Crippen LogP contribution < -0.4 is 14.8 Å². The van der Waals surface area contributed by atoms with Crippen molar-refractivity contribution >= 4 is 34.2 Å². The minimum Gasteiger partial charge on any atom is -0.491 e. The molecule has 2 fully saturated rings. The van der Waals surface area contributed by atoms with Crippen molar-refractivity contribution in [3.8, 4) is 11.5 Å². The van der Waals surface area contributed by atoms with Crippen LogP contribution in [0.1, 0.15) is 30.3 Å². The Balaban J connectivity index is 1.34. The van der Waals surface area contributed by atoms with E-state index in [1.165, 1.54) is 16.5 Å². The molecule has 1 aliphatic heterocycles. The van der Waals surface area contributed by atoms with Gasteiger partial charge in [-0.1, -0.05) is 6.07 Å². The van der Waals surface area contributed by atoms with Crippen LogP contribution in [-0.4, -0.2) is 71.0 Å². The van der Waals surface area contributed by atoms with Gasteiger partial charge in [-0.05, 0) is 49.1 Å². The van der Waals surface area contributed by atoms with E-state index in [-0.39, 0.29) is 30.0 Å². The fourth-order valence-corrected chi connectivity index (χ4v) is 5.16. The van der Waals surface area contributed by atoms with Crippen LogP contribution in [0.3, 0.4) is 0 Å². The van der Waals surface area contributed by atoms with Crippen LogP contribution in [0, 0.1) is 11.7 Å². The number of carbonyl (C=O) groups excluding carboxylic acids is 3. The van der Waals surface area contributed by atoms with E-state index in [9.17, 15) is 31.9 Å². The molecule has 1 saturated heterocycles. The molecule has 5 rings (SSSR count). The van der Waals surface area contributed by atoms with E-state index in [1.54, 1.807) is 25.3 Å². The maximum Gasteiger partial charge on any atom is 0.573 e. The van der Waals surface area contributed by atoms with Crippen LogP contribution >= 0.6 is 0 Å². The normalized spacial score (nSPS) is 19.7. The summed E-state index contributed by atoms with van der Waals surface area (Å²) in [5.41, 5.74) is 0.164. The molecule has 1 aliphatic carbocycles. The highest BCUT2D eigenvalue weighted by Gasteiger charge is 2.56. The Labute approximate surface area is 231 Å². The number of aromatic nitrogens is 2. The number of ketones is 1. The molecule has 14 heteroatoms. The number of fused-ring (bicyclic) bond motifs is 2. The third-order valence-electron chi connectivity index (χ3n) is 7.04. The maximum absolute atomic E-state index is 14.6. The number of hydrogen-bond acceptors (Lipinski definition) is 7. The first-order valence-corrected chi connectivity index (χ1v) is 12.8. The number of anilines is 1. The number of piperidine rings is 1. The zero-order chi connectivity index (χ0) is 29.5. The molecule has 0 radical (unpaired) electrons. The summed E-state index contributed by atoms with van der Waals surface area (Å²) < 4.78 is 68.1. The van der Waals surface area contributed by atoms with Gasteiger partial charge < -0.3 is 24.4 Å². The van der Waals surface area contributed by atoms with Gasteiger partial charge in [0, 0.05) is 25.5 Å². The van der Waals surface area contributed by atoms with E-state index in [2.05, 4.69) is 15.2 Å². The molecule has 0 bridgehead atoms. The predicted octanol–water partition coefficient (Wildman–Crippen LogP) is 3.93. The highest BCUT2D eigenvalue weighted by Crippen LogP contribution is 2.48. The first-order chi connectivity index (χ1) is 19.5. The quantitative estimate of drug-likeness (QED) is 0.221. The van der Waals surface area contributed by atoms with Crippen LogP contribution in [0.25, 0.3) is 10.9 Å². The average molecular weight is 579 g/mol. The molecule has 3 aromatic rings. The SMILES string of the molecule is COCCOc1ccc2c(c1)c(C(C)=O)nn2CC(=O)N1[C@@H]2C[C@@H]2C[C@H]1C(=O)Nc1cccc(OC(F)(F)F)c1F. The molecule has 0 spiro atoms. The molecular weight excluding hydrogens is 552 g/mol. The summed E-state index contributed by atoms with van der Waals surface area (Å²) >= 11 is 0. The summed E-state index contributed by atoms with van der Waals surface area (Å²) in [5.74, 6) is -3.38. The number of methoxy groups -OCH3 is 1. The van der Waals surface area contributed by atoms with E-state index in [1.807, 2.05) is 0 Å². The molecule has 1 saturated carbocycles. The number of Topliss-reactive ketones (excluding diaryl/α,β-unsaturated/α-hetero) is 1. The lowest BCUT2D eigenvalue weighted by Crippen LogP contribution is -2.46. The predicted molar refractivity (Wildman–Crippen MR) is 136 cm³/mol. The number of hydrogen-bond donors (Lipinski definition) is 1. The van der Waals surface area contributed by atoms with Crippen LogP contribution in [-0.2, 0) is 20.9 Å². The minimum absolute atomic E-state index is 0.0772. The fraction of sp³-hybridized carbons (Fsp3) is 0.407. The van der Waals surface area contributed by atoms with E-state index in [0.717, 1.165) is 18.2 Å². The van der Waals surface area contributed by atoms with Gasteiger partial charge in [0.2, 0.25) is 11.8 Å². The molecule has 1 aromatic heterocycles. The number of halogens is 4. The number of ether oxygens (including phenoxy) is 3. The molecule has 3 atom stereocenters. The number of alkyl halides is 3. The Hall–Kier alpha value is -4.20. The summed E-state index contributed by atoms with van der Waals surface area (Å²) in [7, 11) is 1.54. The van der Waals surface area contributed by atoms with Gasteiger partial charge in [0.25, 0.3) is 0 Å². The van der Waals surface area contributed by atoms with Crippen molar-refractivity contribution in [3.05, 3.63) is 47.9 Å². The summed E-state index contributed by atoms with van der Waals surface area (Å²) in [6.07, 6.45) is -4.10. The average Bonchev–Trinajstić information content (AvgIpc) is 3.41. The van der Waals surface area contributed by atoms with Gasteiger partial charge in [0.15, 0.2) is 17.3 Å². The van der Waals surface area contributed by atoms with Crippen molar-refractivity contribution in [1.29, 1.82) is 0 Å². The van der Waals surface area contributed by atoms with Gasteiger partial charge in [-0.2, -0.15) is 5.10 Å². The molecular formula is C27H26F4N4O6. The highest BCUT2D eigenvalue weighted by atomic mass is 19.4. The van der Waals surface area contributed by atoms with Gasteiger partial charge in [0.05, 0.1) is 17.8 Å². The molecule has 41 heavy (non-hydrogen) atoms. The molecule has 218 valence electrons. The monoisotopic (exact) mass is 578 g/mol. The van der Waals surface area contributed by atoms with Crippen LogP contribution in [0.2, 0.25) is 0 Å². The molecule has 1 N–H and O–H groups in total. The summed E-state index contributed by atoms with van der Waals surface area (Å²) in [4.78, 5) is 40.3. The molecule has 2 aromatic carbocycles. The standard InChI is InChI=1S/C27H26F4N4O6/c1-14(36)25-17-12-16(40-9-8-39-2)6-7-19(17)34(33-25)13-23(37)35-20-10-15(20)11-21(35)26(38)32-18-4-3-5-22(24(18)28)41-27(29,30)31/h3-7,12,15,20-21H,8-11,13H2,1-2H3,(H,32,38)/t15-,20-,21+/m1/s1. The topological polar surface area (TPSA) is 112 Å². The van der Waals surface area contributed by atoms with E-state index in [4.69, 9.17) is 9.47 Å². The van der Waals surface area contributed by atoms with Crippen molar-refractivity contribution in [2.24, 2.45) is 5.92 Å². The summed E-state index contributed by atoms with van der Waals surface area (Å²) in [5, 5.41) is 7.14.